The number of fused-ring (bicyclic) bond motifs is 2. The molecule has 3 aromatic heterocycles. The van der Waals surface area contributed by atoms with E-state index in [1.807, 2.05) is 42.6 Å². The molecule has 160 valence electrons. The zero-order chi connectivity index (χ0) is 22.4. The number of aromatic nitrogens is 3. The third kappa shape index (κ3) is 3.74. The molecular formula is C23H18ClN5O2S. The molecule has 5 aromatic rings. The Kier molecular flexibility index (Phi) is 4.96. The first-order valence-electron chi connectivity index (χ1n) is 9.77. The number of nitrogens with two attached hydrogens (primary N) is 2. The molecule has 0 aliphatic heterocycles. The fraction of sp³-hybridized carbons (Fsp3) is 0.0870. The molecule has 0 bridgehead atoms. The lowest BCUT2D eigenvalue weighted by Gasteiger charge is -2.08. The number of anilines is 2. The predicted molar refractivity (Wildman–Crippen MR) is 129 cm³/mol. The summed E-state index contributed by atoms with van der Waals surface area (Å²) in [6.07, 6.45) is 1.83. The van der Waals surface area contributed by atoms with E-state index >= 15 is 0 Å². The third-order valence-corrected chi connectivity index (χ3v) is 6.53. The van der Waals surface area contributed by atoms with Gasteiger partial charge in [0.25, 0.3) is 0 Å². The third-order valence-electron chi connectivity index (χ3n) is 5.29. The van der Waals surface area contributed by atoms with Gasteiger partial charge in [-0.3, -0.25) is 4.79 Å². The Bertz CT molecular complexity index is 1490. The molecule has 3 heterocycles. The summed E-state index contributed by atoms with van der Waals surface area (Å²) < 4.78 is 3.20. The quantitative estimate of drug-likeness (QED) is 0.344. The van der Waals surface area contributed by atoms with Crippen molar-refractivity contribution >= 4 is 61.5 Å². The van der Waals surface area contributed by atoms with Crippen molar-refractivity contribution in [2.24, 2.45) is 0 Å². The Labute approximate surface area is 191 Å². The van der Waals surface area contributed by atoms with Gasteiger partial charge in [0.2, 0.25) is 0 Å². The fourth-order valence-corrected chi connectivity index (χ4v) is 5.02. The highest BCUT2D eigenvalue weighted by Gasteiger charge is 2.15. The zero-order valence-electron chi connectivity index (χ0n) is 16.7. The van der Waals surface area contributed by atoms with Crippen LogP contribution in [0.15, 0.2) is 54.0 Å². The van der Waals surface area contributed by atoms with Gasteiger partial charge in [-0.25, -0.2) is 9.97 Å². The lowest BCUT2D eigenvalue weighted by Crippen LogP contribution is -2.00. The predicted octanol–water partition coefficient (Wildman–Crippen LogP) is 4.81. The summed E-state index contributed by atoms with van der Waals surface area (Å²) in [7, 11) is 0. The molecule has 0 fully saturated rings. The maximum Gasteiger partial charge on any atom is 0.307 e. The summed E-state index contributed by atoms with van der Waals surface area (Å²) in [6, 6.07) is 13.0. The lowest BCUT2D eigenvalue weighted by molar-refractivity contribution is -0.136. The van der Waals surface area contributed by atoms with Gasteiger partial charge in [0.15, 0.2) is 5.82 Å². The largest absolute Gasteiger partial charge is 0.481 e. The Morgan fingerprint density at radius 3 is 2.56 bits per heavy atom. The average molecular weight is 464 g/mol. The van der Waals surface area contributed by atoms with Crippen LogP contribution in [0.2, 0.25) is 5.02 Å². The summed E-state index contributed by atoms with van der Waals surface area (Å²) in [5.74, 6) is 0.116. The molecule has 0 unspecified atom stereocenters. The Morgan fingerprint density at radius 2 is 1.81 bits per heavy atom. The first-order chi connectivity index (χ1) is 15.4. The molecule has 0 radical (unpaired) electrons. The van der Waals surface area contributed by atoms with Gasteiger partial charge in [-0.2, -0.15) is 0 Å². The van der Waals surface area contributed by atoms with E-state index in [4.69, 9.17) is 23.1 Å². The number of rotatable bonds is 5. The number of thiophene rings is 1. The molecule has 0 spiro atoms. The van der Waals surface area contributed by atoms with Crippen LogP contribution in [0.5, 0.6) is 0 Å². The Balaban J connectivity index is 1.66. The van der Waals surface area contributed by atoms with E-state index < -0.39 is 5.97 Å². The second-order valence-corrected chi connectivity index (χ2v) is 8.88. The number of halogens is 1. The van der Waals surface area contributed by atoms with Crippen LogP contribution in [0, 0.1) is 0 Å². The van der Waals surface area contributed by atoms with Crippen LogP contribution >= 0.6 is 22.9 Å². The van der Waals surface area contributed by atoms with Gasteiger partial charge in [0.1, 0.15) is 11.6 Å². The molecule has 9 heteroatoms. The Hall–Kier alpha value is -3.62. The number of carbonyl (C=O) groups is 1. The van der Waals surface area contributed by atoms with E-state index in [1.165, 1.54) is 6.07 Å². The van der Waals surface area contributed by atoms with Gasteiger partial charge in [0, 0.05) is 45.0 Å². The molecule has 2 aromatic carbocycles. The van der Waals surface area contributed by atoms with Crippen molar-refractivity contribution in [2.75, 3.05) is 11.5 Å². The van der Waals surface area contributed by atoms with E-state index in [0.29, 0.717) is 17.4 Å². The molecular weight excluding hydrogens is 446 g/mol. The van der Waals surface area contributed by atoms with Crippen molar-refractivity contribution in [2.45, 2.75) is 13.0 Å². The number of hydrogen-bond donors (Lipinski definition) is 3. The monoisotopic (exact) mass is 463 g/mol. The second-order valence-electron chi connectivity index (χ2n) is 7.53. The molecule has 32 heavy (non-hydrogen) atoms. The SMILES string of the molecule is Nc1cc(N)nc(-c2ccc3c(CC(=O)O)cn(Cc4csc5ccc(Cl)cc45)c3c2)n1. The van der Waals surface area contributed by atoms with E-state index in [9.17, 15) is 9.90 Å². The molecule has 5 rings (SSSR count). The van der Waals surface area contributed by atoms with Crippen molar-refractivity contribution in [1.29, 1.82) is 0 Å². The van der Waals surface area contributed by atoms with E-state index in [0.717, 1.165) is 37.7 Å². The minimum absolute atomic E-state index is 0.0687. The summed E-state index contributed by atoms with van der Waals surface area (Å²) in [5, 5.41) is 14.1. The molecule has 0 saturated heterocycles. The van der Waals surface area contributed by atoms with E-state index in [1.54, 1.807) is 11.3 Å². The molecule has 7 nitrogen and oxygen atoms in total. The van der Waals surface area contributed by atoms with Gasteiger partial charge in [-0.15, -0.1) is 11.3 Å². The van der Waals surface area contributed by atoms with Crippen LogP contribution in [-0.4, -0.2) is 25.6 Å². The number of benzene rings is 2. The molecule has 0 amide bonds. The molecule has 0 atom stereocenters. The van der Waals surface area contributed by atoms with Gasteiger partial charge >= 0.3 is 5.97 Å². The molecule has 0 aliphatic rings. The van der Waals surface area contributed by atoms with Crippen molar-refractivity contribution < 1.29 is 9.90 Å². The van der Waals surface area contributed by atoms with Gasteiger partial charge in [-0.1, -0.05) is 23.7 Å². The summed E-state index contributed by atoms with van der Waals surface area (Å²) >= 11 is 7.87. The highest BCUT2D eigenvalue weighted by atomic mass is 35.5. The van der Waals surface area contributed by atoms with Crippen molar-refractivity contribution in [3.63, 3.8) is 0 Å². The first-order valence-corrected chi connectivity index (χ1v) is 11.0. The molecule has 0 saturated carbocycles. The topological polar surface area (TPSA) is 120 Å². The number of carboxylic acid groups (broad SMARTS) is 1. The smallest absolute Gasteiger partial charge is 0.307 e. The Morgan fingerprint density at radius 1 is 1.03 bits per heavy atom. The van der Waals surface area contributed by atoms with Crippen LogP contribution in [0.4, 0.5) is 11.6 Å². The van der Waals surface area contributed by atoms with Crippen LogP contribution in [0.25, 0.3) is 32.4 Å². The van der Waals surface area contributed by atoms with Crippen molar-refractivity contribution in [3.05, 3.63) is 70.2 Å². The fourth-order valence-electron chi connectivity index (χ4n) is 3.92. The minimum atomic E-state index is -0.882. The van der Waals surface area contributed by atoms with E-state index in [2.05, 4.69) is 19.9 Å². The molecule has 5 N–H and O–H groups in total. The van der Waals surface area contributed by atoms with Crippen LogP contribution in [0.3, 0.4) is 0 Å². The van der Waals surface area contributed by atoms with E-state index in [-0.39, 0.29) is 18.1 Å². The van der Waals surface area contributed by atoms with Crippen LogP contribution in [0.1, 0.15) is 11.1 Å². The maximum absolute atomic E-state index is 11.4. The minimum Gasteiger partial charge on any atom is -0.481 e. The maximum atomic E-state index is 11.4. The normalized spacial score (nSPS) is 11.4. The second kappa shape index (κ2) is 7.81. The van der Waals surface area contributed by atoms with Gasteiger partial charge in [0.05, 0.1) is 6.42 Å². The standard InChI is InChI=1S/C23H18ClN5O2S/c24-15-2-4-19-17(7-15)14(11-32-19)10-29-9-13(6-22(30)31)16-3-1-12(5-18(16)29)23-27-20(25)8-21(26)28-23/h1-5,7-9,11H,6,10H2,(H,30,31)(H4,25,26,27,28). The summed E-state index contributed by atoms with van der Waals surface area (Å²) in [4.78, 5) is 20.0. The average Bonchev–Trinajstić information content (AvgIpc) is 3.28. The number of hydrogen-bond acceptors (Lipinski definition) is 6. The highest BCUT2D eigenvalue weighted by molar-refractivity contribution is 7.17. The lowest BCUT2D eigenvalue weighted by atomic mass is 10.1. The van der Waals surface area contributed by atoms with Crippen molar-refractivity contribution in [1.82, 2.24) is 14.5 Å². The number of nitrogens with zero attached hydrogens (tertiary/aromatic N) is 3. The summed E-state index contributed by atoms with van der Waals surface area (Å²) in [6.45, 7) is 0.569. The van der Waals surface area contributed by atoms with Crippen LogP contribution in [-0.2, 0) is 17.8 Å². The number of aliphatic carboxylic acids is 1. The zero-order valence-corrected chi connectivity index (χ0v) is 18.3. The number of nitrogen functional groups attached to an aromatic ring is 2. The first kappa shape index (κ1) is 20.3. The number of carboxylic acids is 1. The highest BCUT2D eigenvalue weighted by Crippen LogP contribution is 2.32. The van der Waals surface area contributed by atoms with Gasteiger partial charge in [-0.05, 0) is 46.2 Å². The van der Waals surface area contributed by atoms with Crippen molar-refractivity contribution in [3.8, 4) is 11.4 Å². The van der Waals surface area contributed by atoms with Gasteiger partial charge < -0.3 is 21.1 Å². The summed E-state index contributed by atoms with van der Waals surface area (Å²) in [5.41, 5.74) is 15.2. The van der Waals surface area contributed by atoms with Crippen LogP contribution < -0.4 is 11.5 Å². The molecule has 0 aliphatic carbocycles.